The molecule has 1 fully saturated rings. The van der Waals surface area contributed by atoms with Gasteiger partial charge in [-0.1, -0.05) is 37.3 Å². The molecule has 2 N–H and O–H groups in total. The molecule has 1 atom stereocenters. The molecule has 1 aliphatic heterocycles. The number of nitrogens with two attached hydrogens (primary N) is 1. The molecule has 1 aromatic rings. The highest BCUT2D eigenvalue weighted by atomic mass is 15.1. The first-order chi connectivity index (χ1) is 8.29. The van der Waals surface area contributed by atoms with Gasteiger partial charge in [0.15, 0.2) is 0 Å². The van der Waals surface area contributed by atoms with Crippen LogP contribution in [0, 0.1) is 5.92 Å². The van der Waals surface area contributed by atoms with Gasteiger partial charge in [-0.2, -0.15) is 0 Å². The molecule has 0 spiro atoms. The van der Waals surface area contributed by atoms with E-state index in [4.69, 9.17) is 5.73 Å². The predicted molar refractivity (Wildman–Crippen MR) is 73.1 cm³/mol. The second kappa shape index (κ2) is 6.18. The number of likely N-dealkylation sites (tertiary alicyclic amines) is 1. The molecular formula is C15H24N2. The lowest BCUT2D eigenvalue weighted by Gasteiger charge is -2.33. The van der Waals surface area contributed by atoms with Gasteiger partial charge in [-0.15, -0.1) is 0 Å². The SMILES string of the molecule is CC(CN1CCC(CN)CC1)c1ccccc1. The molecule has 1 aliphatic rings. The molecule has 0 saturated carbocycles. The first-order valence-corrected chi connectivity index (χ1v) is 6.77. The van der Waals surface area contributed by atoms with Gasteiger partial charge in [-0.25, -0.2) is 0 Å². The summed E-state index contributed by atoms with van der Waals surface area (Å²) in [6.45, 7) is 6.81. The van der Waals surface area contributed by atoms with Crippen LogP contribution in [0.2, 0.25) is 0 Å². The minimum absolute atomic E-state index is 0.630. The average Bonchev–Trinajstić information content (AvgIpc) is 2.40. The largest absolute Gasteiger partial charge is 0.330 e. The summed E-state index contributed by atoms with van der Waals surface area (Å²) in [5, 5.41) is 0. The summed E-state index contributed by atoms with van der Waals surface area (Å²) >= 11 is 0. The Balaban J connectivity index is 1.82. The number of hydrogen-bond acceptors (Lipinski definition) is 2. The Kier molecular flexibility index (Phi) is 4.57. The van der Waals surface area contributed by atoms with E-state index in [1.165, 1.54) is 38.0 Å². The highest BCUT2D eigenvalue weighted by molar-refractivity contribution is 5.19. The Morgan fingerprint density at radius 2 is 1.88 bits per heavy atom. The van der Waals surface area contributed by atoms with Gasteiger partial charge in [0.1, 0.15) is 0 Å². The average molecular weight is 232 g/mol. The fraction of sp³-hybridized carbons (Fsp3) is 0.600. The fourth-order valence-corrected chi connectivity index (χ4v) is 2.68. The number of benzene rings is 1. The molecule has 0 amide bonds. The minimum Gasteiger partial charge on any atom is -0.330 e. The number of piperidine rings is 1. The van der Waals surface area contributed by atoms with Crippen molar-refractivity contribution in [3.8, 4) is 0 Å². The lowest BCUT2D eigenvalue weighted by Crippen LogP contribution is -2.38. The molecule has 2 heteroatoms. The van der Waals surface area contributed by atoms with Gasteiger partial charge in [0.05, 0.1) is 0 Å². The van der Waals surface area contributed by atoms with E-state index in [-0.39, 0.29) is 0 Å². The van der Waals surface area contributed by atoms with Crippen LogP contribution in [0.5, 0.6) is 0 Å². The molecule has 0 aliphatic carbocycles. The Bertz CT molecular complexity index is 315. The molecule has 0 aromatic heterocycles. The van der Waals surface area contributed by atoms with Crippen LogP contribution in [-0.2, 0) is 0 Å². The Morgan fingerprint density at radius 1 is 1.24 bits per heavy atom. The van der Waals surface area contributed by atoms with Crippen molar-refractivity contribution in [2.45, 2.75) is 25.7 Å². The van der Waals surface area contributed by atoms with E-state index in [0.717, 1.165) is 12.5 Å². The van der Waals surface area contributed by atoms with E-state index in [1.54, 1.807) is 0 Å². The maximum Gasteiger partial charge on any atom is 0.00476 e. The fourth-order valence-electron chi connectivity index (χ4n) is 2.68. The van der Waals surface area contributed by atoms with Gasteiger partial charge >= 0.3 is 0 Å². The van der Waals surface area contributed by atoms with E-state index < -0.39 is 0 Å². The van der Waals surface area contributed by atoms with Crippen LogP contribution in [0.3, 0.4) is 0 Å². The van der Waals surface area contributed by atoms with Crippen LogP contribution in [0.1, 0.15) is 31.2 Å². The van der Waals surface area contributed by atoms with E-state index in [2.05, 4.69) is 42.2 Å². The van der Waals surface area contributed by atoms with Gasteiger partial charge in [-0.3, -0.25) is 0 Å². The molecule has 1 saturated heterocycles. The molecule has 94 valence electrons. The molecule has 1 aromatic carbocycles. The summed E-state index contributed by atoms with van der Waals surface area (Å²) in [7, 11) is 0. The van der Waals surface area contributed by atoms with Crippen LogP contribution in [0.15, 0.2) is 30.3 Å². The highest BCUT2D eigenvalue weighted by Gasteiger charge is 2.19. The quantitative estimate of drug-likeness (QED) is 0.864. The van der Waals surface area contributed by atoms with Crippen molar-refractivity contribution in [3.63, 3.8) is 0 Å². The second-order valence-corrected chi connectivity index (χ2v) is 5.29. The molecule has 2 rings (SSSR count). The molecular weight excluding hydrogens is 208 g/mol. The number of nitrogens with zero attached hydrogens (tertiary/aromatic N) is 1. The third-order valence-corrected chi connectivity index (χ3v) is 3.94. The molecule has 1 heterocycles. The lowest BCUT2D eigenvalue weighted by molar-refractivity contribution is 0.180. The standard InChI is InChI=1S/C15H24N2/c1-13(15-5-3-2-4-6-15)12-17-9-7-14(11-16)8-10-17/h2-6,13-14H,7-12,16H2,1H3. The van der Waals surface area contributed by atoms with Gasteiger partial charge in [0.2, 0.25) is 0 Å². The lowest BCUT2D eigenvalue weighted by atomic mass is 9.95. The molecule has 17 heavy (non-hydrogen) atoms. The maximum atomic E-state index is 5.72. The normalized spacial score (nSPS) is 20.4. The zero-order valence-corrected chi connectivity index (χ0v) is 10.8. The van der Waals surface area contributed by atoms with Crippen molar-refractivity contribution < 1.29 is 0 Å². The molecule has 0 bridgehead atoms. The zero-order valence-electron chi connectivity index (χ0n) is 10.8. The predicted octanol–water partition coefficient (Wildman–Crippen LogP) is 2.46. The van der Waals surface area contributed by atoms with Crippen LogP contribution in [-0.4, -0.2) is 31.1 Å². The Labute approximate surface area is 105 Å². The molecule has 2 nitrogen and oxygen atoms in total. The second-order valence-electron chi connectivity index (χ2n) is 5.29. The Morgan fingerprint density at radius 3 is 2.47 bits per heavy atom. The van der Waals surface area contributed by atoms with Crippen molar-refractivity contribution in [2.24, 2.45) is 11.7 Å². The van der Waals surface area contributed by atoms with Crippen molar-refractivity contribution >= 4 is 0 Å². The maximum absolute atomic E-state index is 5.72. The Hall–Kier alpha value is -0.860. The zero-order chi connectivity index (χ0) is 12.1. The summed E-state index contributed by atoms with van der Waals surface area (Å²) in [5.74, 6) is 1.39. The van der Waals surface area contributed by atoms with Crippen LogP contribution >= 0.6 is 0 Å². The summed E-state index contributed by atoms with van der Waals surface area (Å²) in [4.78, 5) is 2.59. The third-order valence-electron chi connectivity index (χ3n) is 3.94. The van der Waals surface area contributed by atoms with Gasteiger partial charge < -0.3 is 10.6 Å². The highest BCUT2D eigenvalue weighted by Crippen LogP contribution is 2.21. The van der Waals surface area contributed by atoms with Crippen LogP contribution < -0.4 is 5.73 Å². The van der Waals surface area contributed by atoms with Crippen molar-refractivity contribution in [3.05, 3.63) is 35.9 Å². The van der Waals surface area contributed by atoms with E-state index in [1.807, 2.05) is 0 Å². The smallest absolute Gasteiger partial charge is 0.00476 e. The van der Waals surface area contributed by atoms with Gasteiger partial charge in [0, 0.05) is 6.54 Å². The molecule has 1 unspecified atom stereocenters. The topological polar surface area (TPSA) is 29.3 Å². The third kappa shape index (κ3) is 3.55. The molecule has 0 radical (unpaired) electrons. The summed E-state index contributed by atoms with van der Waals surface area (Å²) in [6, 6.07) is 10.8. The summed E-state index contributed by atoms with van der Waals surface area (Å²) < 4.78 is 0. The van der Waals surface area contributed by atoms with Crippen molar-refractivity contribution in [1.29, 1.82) is 0 Å². The van der Waals surface area contributed by atoms with E-state index >= 15 is 0 Å². The summed E-state index contributed by atoms with van der Waals surface area (Å²) in [6.07, 6.45) is 2.55. The van der Waals surface area contributed by atoms with Crippen LogP contribution in [0.25, 0.3) is 0 Å². The minimum atomic E-state index is 0.630. The van der Waals surface area contributed by atoms with Gasteiger partial charge in [-0.05, 0) is 49.9 Å². The van der Waals surface area contributed by atoms with Crippen LogP contribution in [0.4, 0.5) is 0 Å². The number of hydrogen-bond donors (Lipinski definition) is 1. The first kappa shape index (κ1) is 12.6. The van der Waals surface area contributed by atoms with E-state index in [9.17, 15) is 0 Å². The number of rotatable bonds is 4. The first-order valence-electron chi connectivity index (χ1n) is 6.77. The van der Waals surface area contributed by atoms with Gasteiger partial charge in [0.25, 0.3) is 0 Å². The summed E-state index contributed by atoms with van der Waals surface area (Å²) in [5.41, 5.74) is 7.17. The van der Waals surface area contributed by atoms with E-state index in [0.29, 0.717) is 5.92 Å². The van der Waals surface area contributed by atoms with Crippen molar-refractivity contribution in [1.82, 2.24) is 4.90 Å². The van der Waals surface area contributed by atoms with Crippen molar-refractivity contribution in [2.75, 3.05) is 26.2 Å². The monoisotopic (exact) mass is 232 g/mol.